The van der Waals surface area contributed by atoms with E-state index in [0.29, 0.717) is 49.9 Å². The number of hydrogen-bond donors (Lipinski definition) is 2. The molecule has 0 bridgehead atoms. The number of carbonyl (C=O) groups is 2. The van der Waals surface area contributed by atoms with Crippen molar-refractivity contribution >= 4 is 11.9 Å². The summed E-state index contributed by atoms with van der Waals surface area (Å²) in [4.78, 5) is 25.0. The van der Waals surface area contributed by atoms with Crippen molar-refractivity contribution in [1.82, 2.24) is 10.2 Å². The SMILES string of the molecule is COc1ccc(CCNC(=O)N2CCC(CC(N)=O)CC2)cc1OC. The molecule has 0 saturated carbocycles. The summed E-state index contributed by atoms with van der Waals surface area (Å²) in [6.45, 7) is 1.88. The van der Waals surface area contributed by atoms with Crippen molar-refractivity contribution < 1.29 is 19.1 Å². The predicted octanol–water partition coefficient (Wildman–Crippen LogP) is 1.54. The summed E-state index contributed by atoms with van der Waals surface area (Å²) >= 11 is 0. The van der Waals surface area contributed by atoms with Gasteiger partial charge < -0.3 is 25.4 Å². The molecular formula is C18H27N3O4. The molecule has 0 spiro atoms. The summed E-state index contributed by atoms with van der Waals surface area (Å²) in [7, 11) is 3.20. The molecular weight excluding hydrogens is 322 g/mol. The molecule has 7 nitrogen and oxygen atoms in total. The maximum atomic E-state index is 12.2. The second-order valence-corrected chi connectivity index (χ2v) is 6.27. The van der Waals surface area contributed by atoms with Crippen molar-refractivity contribution in [2.45, 2.75) is 25.7 Å². The minimum absolute atomic E-state index is 0.0574. The molecule has 7 heteroatoms. The van der Waals surface area contributed by atoms with E-state index >= 15 is 0 Å². The molecule has 0 aromatic heterocycles. The van der Waals surface area contributed by atoms with Crippen molar-refractivity contribution in [3.8, 4) is 11.5 Å². The maximum absolute atomic E-state index is 12.2. The van der Waals surface area contributed by atoms with Gasteiger partial charge >= 0.3 is 6.03 Å². The van der Waals surface area contributed by atoms with Gasteiger partial charge in [-0.05, 0) is 42.9 Å². The lowest BCUT2D eigenvalue weighted by molar-refractivity contribution is -0.119. The molecule has 1 fully saturated rings. The monoisotopic (exact) mass is 349 g/mol. The Bertz CT molecular complexity index is 598. The second-order valence-electron chi connectivity index (χ2n) is 6.27. The van der Waals surface area contributed by atoms with Crippen LogP contribution < -0.4 is 20.5 Å². The van der Waals surface area contributed by atoms with Gasteiger partial charge in [0.15, 0.2) is 11.5 Å². The highest BCUT2D eigenvalue weighted by molar-refractivity contribution is 5.75. The number of piperidine rings is 1. The molecule has 25 heavy (non-hydrogen) atoms. The van der Waals surface area contributed by atoms with Crippen LogP contribution in [0.4, 0.5) is 4.79 Å². The third kappa shape index (κ3) is 5.55. The van der Waals surface area contributed by atoms with Crippen molar-refractivity contribution in [3.63, 3.8) is 0 Å². The lowest BCUT2D eigenvalue weighted by atomic mass is 9.93. The molecule has 1 aliphatic rings. The van der Waals surface area contributed by atoms with Crippen LogP contribution in [0.2, 0.25) is 0 Å². The molecule has 1 saturated heterocycles. The first kappa shape index (κ1) is 18.9. The molecule has 1 aromatic carbocycles. The molecule has 1 heterocycles. The molecule has 2 rings (SSSR count). The summed E-state index contributed by atoms with van der Waals surface area (Å²) < 4.78 is 10.5. The molecule has 1 aliphatic heterocycles. The average molecular weight is 349 g/mol. The summed E-state index contributed by atoms with van der Waals surface area (Å²) in [6.07, 6.45) is 2.77. The van der Waals surface area contributed by atoms with Gasteiger partial charge in [0, 0.05) is 26.1 Å². The van der Waals surface area contributed by atoms with Crippen molar-refractivity contribution in [1.29, 1.82) is 0 Å². The number of primary amides is 1. The van der Waals surface area contributed by atoms with Crippen LogP contribution in [0.1, 0.15) is 24.8 Å². The van der Waals surface area contributed by atoms with Crippen LogP contribution in [-0.2, 0) is 11.2 Å². The number of urea groups is 1. The van der Waals surface area contributed by atoms with Crippen molar-refractivity contribution in [3.05, 3.63) is 23.8 Å². The van der Waals surface area contributed by atoms with Crippen LogP contribution in [0.5, 0.6) is 11.5 Å². The Labute approximate surface area is 148 Å². The molecule has 3 amide bonds. The third-order valence-electron chi connectivity index (χ3n) is 4.53. The zero-order valence-electron chi connectivity index (χ0n) is 14.9. The maximum Gasteiger partial charge on any atom is 0.317 e. The fraction of sp³-hybridized carbons (Fsp3) is 0.556. The summed E-state index contributed by atoms with van der Waals surface area (Å²) in [5.74, 6) is 1.41. The van der Waals surface area contributed by atoms with Gasteiger partial charge in [-0.15, -0.1) is 0 Å². The molecule has 0 unspecified atom stereocenters. The summed E-state index contributed by atoms with van der Waals surface area (Å²) in [5.41, 5.74) is 6.30. The number of hydrogen-bond acceptors (Lipinski definition) is 4. The second kappa shape index (κ2) is 9.15. The number of nitrogens with one attached hydrogen (secondary N) is 1. The van der Waals surface area contributed by atoms with Crippen molar-refractivity contribution in [2.75, 3.05) is 33.9 Å². The first-order chi connectivity index (χ1) is 12.0. The normalized spacial score (nSPS) is 14.9. The number of rotatable bonds is 7. The Kier molecular flexibility index (Phi) is 6.91. The zero-order chi connectivity index (χ0) is 18.2. The highest BCUT2D eigenvalue weighted by Gasteiger charge is 2.23. The highest BCUT2D eigenvalue weighted by atomic mass is 16.5. The van der Waals surface area contributed by atoms with E-state index in [4.69, 9.17) is 15.2 Å². The van der Waals surface area contributed by atoms with Crippen LogP contribution in [0.25, 0.3) is 0 Å². The van der Waals surface area contributed by atoms with Gasteiger partial charge in [0.05, 0.1) is 14.2 Å². The number of ether oxygens (including phenoxy) is 2. The predicted molar refractivity (Wildman–Crippen MR) is 94.8 cm³/mol. The van der Waals surface area contributed by atoms with E-state index in [1.807, 2.05) is 18.2 Å². The number of nitrogens with two attached hydrogens (primary N) is 1. The van der Waals surface area contributed by atoms with Gasteiger partial charge in [-0.2, -0.15) is 0 Å². The van der Waals surface area contributed by atoms with E-state index in [2.05, 4.69) is 5.32 Å². The number of amides is 3. The third-order valence-corrected chi connectivity index (χ3v) is 4.53. The lowest BCUT2D eigenvalue weighted by Gasteiger charge is -2.31. The van der Waals surface area contributed by atoms with E-state index in [0.717, 1.165) is 18.4 Å². The van der Waals surface area contributed by atoms with Gasteiger partial charge in [-0.25, -0.2) is 4.79 Å². The number of nitrogens with zero attached hydrogens (tertiary/aromatic N) is 1. The lowest BCUT2D eigenvalue weighted by Crippen LogP contribution is -2.45. The molecule has 138 valence electrons. The Morgan fingerprint density at radius 2 is 1.88 bits per heavy atom. The Balaban J connectivity index is 1.75. The number of benzene rings is 1. The summed E-state index contributed by atoms with van der Waals surface area (Å²) in [5, 5.41) is 2.95. The number of likely N-dealkylation sites (tertiary alicyclic amines) is 1. The van der Waals surface area contributed by atoms with Crippen LogP contribution in [-0.4, -0.2) is 50.7 Å². The van der Waals surface area contributed by atoms with Crippen LogP contribution >= 0.6 is 0 Å². The quantitative estimate of drug-likeness (QED) is 0.781. The van der Waals surface area contributed by atoms with Crippen LogP contribution in [0, 0.1) is 5.92 Å². The topological polar surface area (TPSA) is 93.9 Å². The largest absolute Gasteiger partial charge is 0.493 e. The van der Waals surface area contributed by atoms with Gasteiger partial charge in [0.2, 0.25) is 5.91 Å². The molecule has 0 atom stereocenters. The average Bonchev–Trinajstić information content (AvgIpc) is 2.61. The first-order valence-electron chi connectivity index (χ1n) is 8.55. The highest BCUT2D eigenvalue weighted by Crippen LogP contribution is 2.27. The fourth-order valence-corrected chi connectivity index (χ4v) is 3.09. The number of methoxy groups -OCH3 is 2. The van der Waals surface area contributed by atoms with E-state index < -0.39 is 0 Å². The Hall–Kier alpha value is -2.44. The van der Waals surface area contributed by atoms with E-state index in [9.17, 15) is 9.59 Å². The first-order valence-corrected chi connectivity index (χ1v) is 8.55. The van der Waals surface area contributed by atoms with Gasteiger partial charge in [0.25, 0.3) is 0 Å². The minimum Gasteiger partial charge on any atom is -0.493 e. The smallest absolute Gasteiger partial charge is 0.317 e. The molecule has 0 aliphatic carbocycles. The standard InChI is InChI=1S/C18H27N3O4/c1-24-15-4-3-13(11-16(15)25-2)5-8-20-18(23)21-9-6-14(7-10-21)12-17(19)22/h3-4,11,14H,5-10,12H2,1-2H3,(H2,19,22)(H,20,23). The zero-order valence-corrected chi connectivity index (χ0v) is 14.9. The Morgan fingerprint density at radius 1 is 1.20 bits per heavy atom. The molecule has 0 radical (unpaired) electrons. The molecule has 3 N–H and O–H groups in total. The van der Waals surface area contributed by atoms with E-state index in [1.54, 1.807) is 19.1 Å². The van der Waals surface area contributed by atoms with Crippen molar-refractivity contribution in [2.24, 2.45) is 11.7 Å². The Morgan fingerprint density at radius 3 is 2.48 bits per heavy atom. The van der Waals surface area contributed by atoms with Gasteiger partial charge in [-0.3, -0.25) is 4.79 Å². The number of carbonyl (C=O) groups excluding carboxylic acids is 2. The van der Waals surface area contributed by atoms with E-state index in [1.165, 1.54) is 0 Å². The minimum atomic E-state index is -0.266. The van der Waals surface area contributed by atoms with Crippen LogP contribution in [0.3, 0.4) is 0 Å². The van der Waals surface area contributed by atoms with Gasteiger partial charge in [0.1, 0.15) is 0 Å². The molecule has 1 aromatic rings. The van der Waals surface area contributed by atoms with Gasteiger partial charge in [-0.1, -0.05) is 6.07 Å². The fourth-order valence-electron chi connectivity index (χ4n) is 3.09. The summed E-state index contributed by atoms with van der Waals surface area (Å²) in [6, 6.07) is 5.68. The van der Waals surface area contributed by atoms with E-state index in [-0.39, 0.29) is 11.9 Å². The van der Waals surface area contributed by atoms with Crippen LogP contribution in [0.15, 0.2) is 18.2 Å².